The first-order chi connectivity index (χ1) is 12.3. The van der Waals surface area contributed by atoms with Crippen molar-refractivity contribution in [3.63, 3.8) is 0 Å². The van der Waals surface area contributed by atoms with E-state index in [4.69, 9.17) is 9.47 Å². The summed E-state index contributed by atoms with van der Waals surface area (Å²) in [6.07, 6.45) is -3.85. The third kappa shape index (κ3) is 4.34. The first-order valence-corrected chi connectivity index (χ1v) is 8.30. The maximum Gasteiger partial charge on any atom is 0.416 e. The summed E-state index contributed by atoms with van der Waals surface area (Å²) in [5, 5.41) is 2.34. The van der Waals surface area contributed by atoms with Crippen LogP contribution >= 0.6 is 0 Å². The predicted octanol–water partition coefficient (Wildman–Crippen LogP) is 2.40. The fourth-order valence-corrected chi connectivity index (χ4v) is 3.11. The van der Waals surface area contributed by atoms with Crippen LogP contribution in [0.2, 0.25) is 0 Å². The fourth-order valence-electron chi connectivity index (χ4n) is 3.11. The Morgan fingerprint density at radius 3 is 2.42 bits per heavy atom. The highest BCUT2D eigenvalue weighted by Crippen LogP contribution is 2.32. The summed E-state index contributed by atoms with van der Waals surface area (Å²) in [6.45, 7) is 1.89. The molecule has 2 aliphatic heterocycles. The third-order valence-electron chi connectivity index (χ3n) is 4.48. The quantitative estimate of drug-likeness (QED) is 0.828. The molecule has 0 aliphatic carbocycles. The van der Waals surface area contributed by atoms with Crippen LogP contribution in [-0.4, -0.2) is 48.8 Å². The first kappa shape index (κ1) is 18.7. The van der Waals surface area contributed by atoms with Crippen LogP contribution in [0.3, 0.4) is 0 Å². The highest BCUT2D eigenvalue weighted by Gasteiger charge is 2.40. The van der Waals surface area contributed by atoms with E-state index in [0.29, 0.717) is 39.1 Å². The topological polar surface area (TPSA) is 67.9 Å². The molecule has 2 amide bonds. The van der Waals surface area contributed by atoms with E-state index >= 15 is 0 Å². The molecule has 0 bridgehead atoms. The minimum Gasteiger partial charge on any atom is -0.347 e. The molecule has 0 saturated carbocycles. The van der Waals surface area contributed by atoms with Crippen molar-refractivity contribution in [1.29, 1.82) is 0 Å². The van der Waals surface area contributed by atoms with Crippen LogP contribution in [-0.2, 0) is 25.2 Å². The van der Waals surface area contributed by atoms with Crippen LogP contribution in [0.4, 0.5) is 18.9 Å². The molecule has 0 radical (unpaired) electrons. The SMILES string of the molecule is O=C(CC(=O)N1CCC2(CC1)OCCO2)Nc1cccc(C(F)(F)F)c1. The van der Waals surface area contributed by atoms with E-state index in [0.717, 1.165) is 12.1 Å². The Bertz CT molecular complexity index is 677. The number of nitrogens with zero attached hydrogens (tertiary/aromatic N) is 1. The molecule has 1 N–H and O–H groups in total. The molecule has 142 valence electrons. The lowest BCUT2D eigenvalue weighted by Crippen LogP contribution is -2.47. The maximum atomic E-state index is 12.7. The van der Waals surface area contributed by atoms with Crippen LogP contribution in [0, 0.1) is 0 Å². The summed E-state index contributed by atoms with van der Waals surface area (Å²) in [6, 6.07) is 4.29. The van der Waals surface area contributed by atoms with Crippen LogP contribution in [0.15, 0.2) is 24.3 Å². The second kappa shape index (κ2) is 7.24. The lowest BCUT2D eigenvalue weighted by molar-refractivity contribution is -0.187. The van der Waals surface area contributed by atoms with Crippen molar-refractivity contribution in [1.82, 2.24) is 4.90 Å². The van der Waals surface area contributed by atoms with Crippen LogP contribution in [0.1, 0.15) is 24.8 Å². The average molecular weight is 372 g/mol. The largest absolute Gasteiger partial charge is 0.416 e. The number of alkyl halides is 3. The lowest BCUT2D eigenvalue weighted by atomic mass is 10.0. The van der Waals surface area contributed by atoms with Crippen molar-refractivity contribution >= 4 is 17.5 Å². The van der Waals surface area contributed by atoms with E-state index in [9.17, 15) is 22.8 Å². The zero-order valence-electron chi connectivity index (χ0n) is 14.0. The molecule has 9 heteroatoms. The number of benzene rings is 1. The molecule has 1 aromatic rings. The molecule has 0 aromatic heterocycles. The van der Waals surface area contributed by atoms with Gasteiger partial charge in [0, 0.05) is 31.6 Å². The molecule has 0 unspecified atom stereocenters. The molecule has 2 aliphatic rings. The Morgan fingerprint density at radius 2 is 1.81 bits per heavy atom. The molecular weight excluding hydrogens is 353 g/mol. The minimum absolute atomic E-state index is 0.00276. The highest BCUT2D eigenvalue weighted by molar-refractivity contribution is 6.03. The number of likely N-dealkylation sites (tertiary alicyclic amines) is 1. The third-order valence-corrected chi connectivity index (χ3v) is 4.48. The Hall–Kier alpha value is -2.13. The fraction of sp³-hybridized carbons (Fsp3) is 0.529. The van der Waals surface area contributed by atoms with Gasteiger partial charge in [-0.25, -0.2) is 0 Å². The van der Waals surface area contributed by atoms with Crippen molar-refractivity contribution in [2.75, 3.05) is 31.6 Å². The van der Waals surface area contributed by atoms with Gasteiger partial charge in [-0.2, -0.15) is 13.2 Å². The van der Waals surface area contributed by atoms with Gasteiger partial charge < -0.3 is 19.7 Å². The summed E-state index contributed by atoms with van der Waals surface area (Å²) in [5.41, 5.74) is -0.859. The van der Waals surface area contributed by atoms with Crippen molar-refractivity contribution < 1.29 is 32.2 Å². The van der Waals surface area contributed by atoms with Crippen LogP contribution in [0.25, 0.3) is 0 Å². The Morgan fingerprint density at radius 1 is 1.15 bits per heavy atom. The maximum absolute atomic E-state index is 12.7. The number of carbonyl (C=O) groups is 2. The summed E-state index contributed by atoms with van der Waals surface area (Å²) in [5.74, 6) is -1.64. The second-order valence-electron chi connectivity index (χ2n) is 6.29. The number of halogens is 3. The minimum atomic E-state index is -4.50. The standard InChI is InChI=1S/C17H19F3N2O4/c18-17(19,20)12-2-1-3-13(10-12)21-14(23)11-15(24)22-6-4-16(5-7-22)25-8-9-26-16/h1-3,10H,4-9,11H2,(H,21,23). The van der Waals surface area contributed by atoms with E-state index < -0.39 is 29.9 Å². The molecule has 3 rings (SSSR count). The van der Waals surface area contributed by atoms with Crippen molar-refractivity contribution in [3.05, 3.63) is 29.8 Å². The molecule has 2 heterocycles. The van der Waals surface area contributed by atoms with Gasteiger partial charge in [0.1, 0.15) is 6.42 Å². The number of nitrogens with one attached hydrogen (secondary N) is 1. The number of amides is 2. The molecule has 1 spiro atoms. The number of ether oxygens (including phenoxy) is 2. The van der Waals surface area contributed by atoms with E-state index in [1.807, 2.05) is 0 Å². The highest BCUT2D eigenvalue weighted by atomic mass is 19.4. The van der Waals surface area contributed by atoms with Gasteiger partial charge in [-0.3, -0.25) is 9.59 Å². The Labute approximate surface area is 148 Å². The van der Waals surface area contributed by atoms with Gasteiger partial charge in [0.15, 0.2) is 5.79 Å². The molecule has 0 atom stereocenters. The lowest BCUT2D eigenvalue weighted by Gasteiger charge is -2.37. The van der Waals surface area contributed by atoms with Gasteiger partial charge in [-0.15, -0.1) is 0 Å². The summed E-state index contributed by atoms with van der Waals surface area (Å²) < 4.78 is 49.2. The Kier molecular flexibility index (Phi) is 5.19. The van der Waals surface area contributed by atoms with Gasteiger partial charge in [0.05, 0.1) is 18.8 Å². The summed E-state index contributed by atoms with van der Waals surface area (Å²) in [4.78, 5) is 25.8. The van der Waals surface area contributed by atoms with E-state index in [1.54, 1.807) is 4.90 Å². The van der Waals surface area contributed by atoms with Gasteiger partial charge >= 0.3 is 6.18 Å². The monoisotopic (exact) mass is 372 g/mol. The zero-order valence-corrected chi connectivity index (χ0v) is 14.0. The molecule has 2 saturated heterocycles. The number of rotatable bonds is 3. The van der Waals surface area contributed by atoms with E-state index in [-0.39, 0.29) is 11.6 Å². The average Bonchev–Trinajstić information content (AvgIpc) is 3.03. The second-order valence-corrected chi connectivity index (χ2v) is 6.29. The number of hydrogen-bond acceptors (Lipinski definition) is 4. The van der Waals surface area contributed by atoms with Crippen molar-refractivity contribution in [3.8, 4) is 0 Å². The molecular formula is C17H19F3N2O4. The summed E-state index contributed by atoms with van der Waals surface area (Å²) in [7, 11) is 0. The van der Waals surface area contributed by atoms with Gasteiger partial charge in [0.2, 0.25) is 11.8 Å². The Balaban J connectivity index is 1.51. The van der Waals surface area contributed by atoms with Gasteiger partial charge in [-0.1, -0.05) is 6.07 Å². The van der Waals surface area contributed by atoms with Crippen molar-refractivity contribution in [2.24, 2.45) is 0 Å². The number of anilines is 1. The first-order valence-electron chi connectivity index (χ1n) is 8.30. The van der Waals surface area contributed by atoms with E-state index in [2.05, 4.69) is 5.32 Å². The molecule has 26 heavy (non-hydrogen) atoms. The van der Waals surface area contributed by atoms with Crippen molar-refractivity contribution in [2.45, 2.75) is 31.2 Å². The van der Waals surface area contributed by atoms with E-state index in [1.165, 1.54) is 12.1 Å². The molecule has 6 nitrogen and oxygen atoms in total. The van der Waals surface area contributed by atoms with Gasteiger partial charge in [0.25, 0.3) is 0 Å². The normalized spacial score (nSPS) is 19.6. The number of piperidine rings is 1. The smallest absolute Gasteiger partial charge is 0.347 e. The number of carbonyl (C=O) groups excluding carboxylic acids is 2. The zero-order chi connectivity index (χ0) is 18.8. The van der Waals surface area contributed by atoms with Crippen LogP contribution < -0.4 is 5.32 Å². The molecule has 2 fully saturated rings. The predicted molar refractivity (Wildman–Crippen MR) is 85.1 cm³/mol. The molecule has 1 aromatic carbocycles. The number of hydrogen-bond donors (Lipinski definition) is 1. The summed E-state index contributed by atoms with van der Waals surface area (Å²) >= 11 is 0. The van der Waals surface area contributed by atoms with Gasteiger partial charge in [-0.05, 0) is 18.2 Å². The van der Waals surface area contributed by atoms with Crippen LogP contribution in [0.5, 0.6) is 0 Å².